The van der Waals surface area contributed by atoms with Gasteiger partial charge in [-0.05, 0) is 37.3 Å². The molecule has 2 aliphatic heterocycles. The first-order valence-corrected chi connectivity index (χ1v) is 8.91. The van der Waals surface area contributed by atoms with Crippen LogP contribution in [0.2, 0.25) is 0 Å². The molecule has 24 heavy (non-hydrogen) atoms. The zero-order valence-electron chi connectivity index (χ0n) is 14.3. The molecule has 1 aromatic carbocycles. The molecule has 2 heterocycles. The second-order valence-electron chi connectivity index (χ2n) is 7.16. The number of carboxylic acid groups (broad SMARTS) is 1. The second-order valence-corrected chi connectivity index (χ2v) is 7.16. The van der Waals surface area contributed by atoms with E-state index < -0.39 is 5.97 Å². The van der Waals surface area contributed by atoms with Gasteiger partial charge in [0.25, 0.3) is 0 Å². The van der Waals surface area contributed by atoms with Crippen molar-refractivity contribution in [2.24, 2.45) is 0 Å². The van der Waals surface area contributed by atoms with Gasteiger partial charge in [-0.1, -0.05) is 25.1 Å². The number of benzene rings is 1. The molecule has 2 N–H and O–H groups in total. The smallest absolute Gasteiger partial charge is 0.336 e. The molecule has 0 saturated carbocycles. The van der Waals surface area contributed by atoms with E-state index in [1.54, 1.807) is 12.1 Å². The number of ether oxygens (including phenoxy) is 1. The van der Waals surface area contributed by atoms with Crippen LogP contribution in [0.4, 0.5) is 0 Å². The van der Waals surface area contributed by atoms with Gasteiger partial charge in [0, 0.05) is 26.1 Å². The Morgan fingerprint density at radius 1 is 1.33 bits per heavy atom. The first-order chi connectivity index (χ1) is 11.5. The van der Waals surface area contributed by atoms with E-state index in [9.17, 15) is 15.0 Å². The minimum atomic E-state index is -0.872. The Morgan fingerprint density at radius 3 is 2.71 bits per heavy atom. The molecule has 2 aliphatic rings. The summed E-state index contributed by atoms with van der Waals surface area (Å²) < 4.78 is 6.31. The van der Waals surface area contributed by atoms with Crippen molar-refractivity contribution < 1.29 is 19.7 Å². The van der Waals surface area contributed by atoms with Crippen molar-refractivity contribution in [1.82, 2.24) is 4.90 Å². The first-order valence-electron chi connectivity index (χ1n) is 8.91. The maximum absolute atomic E-state index is 11.3. The highest BCUT2D eigenvalue weighted by molar-refractivity contribution is 5.89. The third-order valence-electron chi connectivity index (χ3n) is 5.42. The van der Waals surface area contributed by atoms with Crippen LogP contribution in [0, 0.1) is 0 Å². The van der Waals surface area contributed by atoms with Gasteiger partial charge in [-0.2, -0.15) is 0 Å². The van der Waals surface area contributed by atoms with Crippen LogP contribution in [0.3, 0.4) is 0 Å². The van der Waals surface area contributed by atoms with Crippen molar-refractivity contribution in [2.75, 3.05) is 13.1 Å². The Bertz CT molecular complexity index is 580. The molecule has 0 aliphatic carbocycles. The number of rotatable bonds is 4. The van der Waals surface area contributed by atoms with Crippen LogP contribution < -0.4 is 0 Å². The van der Waals surface area contributed by atoms with Gasteiger partial charge in [-0.15, -0.1) is 0 Å². The summed E-state index contributed by atoms with van der Waals surface area (Å²) in [5.74, 6) is -0.872. The van der Waals surface area contributed by atoms with Crippen molar-refractivity contribution in [3.8, 4) is 0 Å². The van der Waals surface area contributed by atoms with Crippen molar-refractivity contribution in [3.05, 3.63) is 35.4 Å². The number of hydrogen-bond donors (Lipinski definition) is 2. The Morgan fingerprint density at radius 2 is 2.04 bits per heavy atom. The minimum absolute atomic E-state index is 0.160. The third-order valence-corrected chi connectivity index (χ3v) is 5.42. The average molecular weight is 333 g/mol. The van der Waals surface area contributed by atoms with Gasteiger partial charge in [-0.25, -0.2) is 4.79 Å². The number of carboxylic acids is 1. The molecular formula is C19H27NO4. The number of aromatic carboxylic acids is 1. The lowest BCUT2D eigenvalue weighted by molar-refractivity contribution is -0.182. The predicted octanol–water partition coefficient (Wildman–Crippen LogP) is 2.67. The lowest BCUT2D eigenvalue weighted by Crippen LogP contribution is -2.52. The van der Waals surface area contributed by atoms with Gasteiger partial charge in [0.15, 0.2) is 0 Å². The Balaban J connectivity index is 1.62. The summed E-state index contributed by atoms with van der Waals surface area (Å²) in [5, 5.41) is 19.5. The summed E-state index contributed by atoms with van der Waals surface area (Å²) in [4.78, 5) is 13.6. The molecule has 0 unspecified atom stereocenters. The molecule has 5 heteroatoms. The van der Waals surface area contributed by atoms with Gasteiger partial charge < -0.3 is 14.9 Å². The van der Waals surface area contributed by atoms with E-state index in [-0.39, 0.29) is 17.8 Å². The quantitative estimate of drug-likeness (QED) is 0.886. The number of carbonyl (C=O) groups is 1. The predicted molar refractivity (Wildman–Crippen MR) is 91.0 cm³/mol. The molecule has 1 spiro atoms. The number of hydrogen-bond acceptors (Lipinski definition) is 4. The highest BCUT2D eigenvalue weighted by Gasteiger charge is 2.42. The van der Waals surface area contributed by atoms with Gasteiger partial charge in [0.05, 0.1) is 23.4 Å². The number of aliphatic hydroxyl groups excluding tert-OH is 1. The molecule has 132 valence electrons. The van der Waals surface area contributed by atoms with E-state index in [0.717, 1.165) is 50.8 Å². The highest BCUT2D eigenvalue weighted by atomic mass is 16.5. The lowest BCUT2D eigenvalue weighted by atomic mass is 9.81. The van der Waals surface area contributed by atoms with Gasteiger partial charge in [0.1, 0.15) is 0 Å². The van der Waals surface area contributed by atoms with Crippen LogP contribution in [-0.4, -0.2) is 52.0 Å². The van der Waals surface area contributed by atoms with E-state index in [1.807, 2.05) is 12.1 Å². The summed E-state index contributed by atoms with van der Waals surface area (Å²) in [7, 11) is 0. The fourth-order valence-electron chi connectivity index (χ4n) is 4.06. The van der Waals surface area contributed by atoms with E-state index >= 15 is 0 Å². The van der Waals surface area contributed by atoms with Gasteiger partial charge >= 0.3 is 5.97 Å². The summed E-state index contributed by atoms with van der Waals surface area (Å²) >= 11 is 0. The molecule has 2 atom stereocenters. The molecule has 0 aromatic heterocycles. The normalized spacial score (nSPS) is 27.2. The van der Waals surface area contributed by atoms with Gasteiger partial charge in [0.2, 0.25) is 0 Å². The topological polar surface area (TPSA) is 70.0 Å². The summed E-state index contributed by atoms with van der Waals surface area (Å²) in [5.41, 5.74) is 1.05. The van der Waals surface area contributed by atoms with Crippen LogP contribution in [0.5, 0.6) is 0 Å². The lowest BCUT2D eigenvalue weighted by Gasteiger charge is -2.48. The molecule has 0 bridgehead atoms. The van der Waals surface area contributed by atoms with Crippen LogP contribution in [0.1, 0.15) is 54.9 Å². The van der Waals surface area contributed by atoms with E-state index in [0.29, 0.717) is 12.1 Å². The van der Waals surface area contributed by atoms with Crippen molar-refractivity contribution in [3.63, 3.8) is 0 Å². The number of likely N-dealkylation sites (tertiary alicyclic amines) is 1. The first kappa shape index (κ1) is 17.4. The van der Waals surface area contributed by atoms with Crippen LogP contribution in [0.25, 0.3) is 0 Å². The Hall–Kier alpha value is -1.43. The molecular weight excluding hydrogens is 306 g/mol. The van der Waals surface area contributed by atoms with Crippen molar-refractivity contribution in [2.45, 2.75) is 63.4 Å². The van der Waals surface area contributed by atoms with E-state index in [2.05, 4.69) is 11.8 Å². The summed E-state index contributed by atoms with van der Waals surface area (Å²) in [6, 6.07) is 7.21. The highest BCUT2D eigenvalue weighted by Crippen LogP contribution is 2.38. The molecule has 1 aromatic rings. The maximum Gasteiger partial charge on any atom is 0.336 e. The standard InChI is InChI=1S/C19H27NO4/c1-2-16-11-15(21)12-19(24-16)7-9-20(10-8-19)13-14-5-3-4-6-17(14)18(22)23/h3-6,15-16,21H,2,7-13H2,1H3,(H,22,23)/t15-,16+/m1/s1. The van der Waals surface area contributed by atoms with Crippen LogP contribution in [0.15, 0.2) is 24.3 Å². The number of nitrogens with zero attached hydrogens (tertiary/aromatic N) is 1. The molecule has 0 amide bonds. The summed E-state index contributed by atoms with van der Waals surface area (Å²) in [6.07, 6.45) is 4.10. The molecule has 2 saturated heterocycles. The van der Waals surface area contributed by atoms with E-state index in [1.165, 1.54) is 0 Å². The monoisotopic (exact) mass is 333 g/mol. The largest absolute Gasteiger partial charge is 0.478 e. The Kier molecular flexibility index (Phi) is 5.23. The van der Waals surface area contributed by atoms with Crippen LogP contribution in [-0.2, 0) is 11.3 Å². The third kappa shape index (κ3) is 3.79. The van der Waals surface area contributed by atoms with Gasteiger partial charge in [-0.3, -0.25) is 4.90 Å². The summed E-state index contributed by atoms with van der Waals surface area (Å²) in [6.45, 7) is 4.50. The molecule has 2 fully saturated rings. The van der Waals surface area contributed by atoms with Crippen LogP contribution >= 0.6 is 0 Å². The van der Waals surface area contributed by atoms with Crippen molar-refractivity contribution in [1.29, 1.82) is 0 Å². The molecule has 0 radical (unpaired) electrons. The fraction of sp³-hybridized carbons (Fsp3) is 0.632. The Labute approximate surface area is 143 Å². The zero-order chi connectivity index (χ0) is 17.2. The molecule has 5 nitrogen and oxygen atoms in total. The molecule has 3 rings (SSSR count). The zero-order valence-corrected chi connectivity index (χ0v) is 14.3. The number of piperidine rings is 1. The fourth-order valence-corrected chi connectivity index (χ4v) is 4.06. The average Bonchev–Trinajstić information content (AvgIpc) is 2.57. The second kappa shape index (κ2) is 7.21. The minimum Gasteiger partial charge on any atom is -0.478 e. The number of aliphatic hydroxyl groups is 1. The van der Waals surface area contributed by atoms with E-state index in [4.69, 9.17) is 4.74 Å². The van der Waals surface area contributed by atoms with Crippen molar-refractivity contribution >= 4 is 5.97 Å². The maximum atomic E-state index is 11.3. The SMILES string of the molecule is CC[C@H]1C[C@@H](O)CC2(CCN(Cc3ccccc3C(=O)O)CC2)O1.